The summed E-state index contributed by atoms with van der Waals surface area (Å²) in [6.45, 7) is 8.82. The van der Waals surface area contributed by atoms with Gasteiger partial charge in [-0.3, -0.25) is 29.4 Å². The normalized spacial score (nSPS) is 25.4. The molecule has 5 aliphatic heterocycles. The van der Waals surface area contributed by atoms with Crippen LogP contribution in [0.1, 0.15) is 50.2 Å². The first-order valence-corrected chi connectivity index (χ1v) is 25.2. The van der Waals surface area contributed by atoms with Crippen molar-refractivity contribution in [2.75, 3.05) is 54.7 Å². The summed E-state index contributed by atoms with van der Waals surface area (Å²) >= 11 is 0. The van der Waals surface area contributed by atoms with E-state index in [0.29, 0.717) is 49.5 Å². The molecule has 0 aliphatic carbocycles. The second-order valence-corrected chi connectivity index (χ2v) is 23.1. The number of carbonyl (C=O) groups excluding carboxylic acids is 3. The van der Waals surface area contributed by atoms with Crippen LogP contribution in [0.5, 0.6) is 5.75 Å². The van der Waals surface area contributed by atoms with Crippen LogP contribution >= 0.6 is 0 Å². The molecule has 4 fully saturated rings. The molecule has 4 aromatic rings. The number of methoxy groups -OCH3 is 1. The summed E-state index contributed by atoms with van der Waals surface area (Å²) in [6.07, 6.45) is 2.15. The quantitative estimate of drug-likeness (QED) is 0.109. The van der Waals surface area contributed by atoms with Crippen LogP contribution in [0.15, 0.2) is 97.1 Å². The summed E-state index contributed by atoms with van der Waals surface area (Å²) in [5.41, 5.74) is 0.662. The van der Waals surface area contributed by atoms with Crippen molar-refractivity contribution >= 4 is 53.7 Å². The fraction of sp³-hybridized carbons (Fsp3) is 0.438. The van der Waals surface area contributed by atoms with Crippen LogP contribution in [0.2, 0.25) is 18.6 Å². The average molecular weight is 873 g/mol. The number of fused-ring (bicyclic) bond motifs is 2. The Morgan fingerprint density at radius 1 is 0.968 bits per heavy atom. The number of non-ortho nitro benzene ring substituents is 1. The van der Waals surface area contributed by atoms with Crippen molar-refractivity contribution in [3.8, 4) is 5.75 Å². The minimum atomic E-state index is -2.64. The number of hydrogen-bond acceptors (Lipinski definition) is 10. The third kappa shape index (κ3) is 7.00. The van der Waals surface area contributed by atoms with Crippen molar-refractivity contribution in [1.82, 2.24) is 10.2 Å². The highest BCUT2D eigenvalue weighted by Gasteiger charge is 2.67. The molecule has 330 valence electrons. The molecule has 0 radical (unpaired) electrons. The lowest BCUT2D eigenvalue weighted by Crippen LogP contribution is -2.55. The van der Waals surface area contributed by atoms with Gasteiger partial charge in [0.05, 0.1) is 64.2 Å². The van der Waals surface area contributed by atoms with Gasteiger partial charge in [-0.1, -0.05) is 67.7 Å². The van der Waals surface area contributed by atoms with Crippen LogP contribution in [0, 0.1) is 16.0 Å². The van der Waals surface area contributed by atoms with Gasteiger partial charge in [-0.2, -0.15) is 0 Å². The summed E-state index contributed by atoms with van der Waals surface area (Å²) in [7, 11) is -1.02. The maximum absolute atomic E-state index is 15.6. The number of piperidine rings is 1. The van der Waals surface area contributed by atoms with Gasteiger partial charge in [0.1, 0.15) is 11.3 Å². The van der Waals surface area contributed by atoms with Crippen LogP contribution in [-0.4, -0.2) is 98.4 Å². The standard InChI is InChI=1S/C48H56N6O8Si/c1-32-44(63(3,4)39-18-16-38(61-2)17-19-39)42(28-43(56)50-25-9-14-37(50)30-55)62-48(32)40-27-36(54(59)60)15-20-41(40)51(46(48)58)29-33-10-8-13-35(26-33)52-31-53(34-11-6-5-7-12-34)47(45(52)57)21-23-49-24-22-47/h5-8,10-13,15-20,26-27,32,37,42,44,49,55H,9,14,21-25,28-31H2,1-4H3/t32-,37-,42+,44-,48+/m0/s1. The van der Waals surface area contributed by atoms with E-state index in [-0.39, 0.29) is 54.6 Å². The predicted molar refractivity (Wildman–Crippen MR) is 243 cm³/mol. The Labute approximate surface area is 368 Å². The number of nitrogens with one attached hydrogen (secondary N) is 1. The third-order valence-corrected chi connectivity index (χ3v) is 19.2. The highest BCUT2D eigenvalue weighted by atomic mass is 28.3. The highest BCUT2D eigenvalue weighted by Crippen LogP contribution is 2.60. The largest absolute Gasteiger partial charge is 0.497 e. The number of aliphatic hydroxyl groups is 1. The highest BCUT2D eigenvalue weighted by molar-refractivity contribution is 6.91. The summed E-state index contributed by atoms with van der Waals surface area (Å²) in [6, 6.07) is 30.0. The van der Waals surface area contributed by atoms with Gasteiger partial charge in [0.2, 0.25) is 5.91 Å². The van der Waals surface area contributed by atoms with Gasteiger partial charge in [0, 0.05) is 41.5 Å². The second kappa shape index (κ2) is 16.5. The summed E-state index contributed by atoms with van der Waals surface area (Å²) in [5.74, 6) is -0.222. The van der Waals surface area contributed by atoms with Crippen molar-refractivity contribution in [2.45, 2.75) is 87.5 Å². The van der Waals surface area contributed by atoms with Crippen molar-refractivity contribution in [3.63, 3.8) is 0 Å². The number of hydrogen-bond donors (Lipinski definition) is 2. The molecule has 0 aromatic heterocycles. The number of nitrogens with zero attached hydrogens (tertiary/aromatic N) is 5. The zero-order valence-corrected chi connectivity index (χ0v) is 37.4. The van der Waals surface area contributed by atoms with E-state index in [1.54, 1.807) is 23.0 Å². The molecule has 0 bridgehead atoms. The monoisotopic (exact) mass is 872 g/mol. The molecule has 2 N–H and O–H groups in total. The molecule has 5 heterocycles. The van der Waals surface area contributed by atoms with Crippen molar-refractivity contribution in [2.24, 2.45) is 5.92 Å². The second-order valence-electron chi connectivity index (χ2n) is 18.4. The maximum atomic E-state index is 15.6. The number of para-hydroxylation sites is 1. The van der Waals surface area contributed by atoms with E-state index in [4.69, 9.17) is 9.47 Å². The number of nitro groups is 1. The van der Waals surface area contributed by atoms with E-state index in [2.05, 4.69) is 35.4 Å². The van der Waals surface area contributed by atoms with Crippen LogP contribution in [-0.2, 0) is 31.3 Å². The Balaban J connectivity index is 1.09. The number of likely N-dealkylation sites (tertiary alicyclic amines) is 1. The van der Waals surface area contributed by atoms with E-state index in [9.17, 15) is 24.8 Å². The molecule has 2 spiro atoms. The number of ether oxygens (including phenoxy) is 2. The number of benzene rings is 4. The topological polar surface area (TPSA) is 158 Å². The van der Waals surface area contributed by atoms with E-state index in [1.807, 2.05) is 78.6 Å². The molecule has 5 aliphatic rings. The average Bonchev–Trinajstić information content (AvgIpc) is 4.03. The molecular weight excluding hydrogens is 817 g/mol. The lowest BCUT2D eigenvalue weighted by molar-refractivity contribution is -0.385. The van der Waals surface area contributed by atoms with E-state index < -0.39 is 36.2 Å². The van der Waals surface area contributed by atoms with Gasteiger partial charge in [-0.05, 0) is 92.3 Å². The maximum Gasteiger partial charge on any atom is 0.269 e. The molecule has 14 nitrogen and oxygen atoms in total. The molecule has 3 amide bonds. The van der Waals surface area contributed by atoms with Crippen molar-refractivity contribution in [3.05, 3.63) is 118 Å². The van der Waals surface area contributed by atoms with Gasteiger partial charge in [-0.25, -0.2) is 0 Å². The van der Waals surface area contributed by atoms with Gasteiger partial charge in [0.25, 0.3) is 17.5 Å². The minimum Gasteiger partial charge on any atom is -0.497 e. The van der Waals surface area contributed by atoms with E-state index in [0.717, 1.165) is 41.6 Å². The SMILES string of the molecule is COc1ccc([Si](C)(C)[C@@H]2[C@@H](CC(=O)N3CCC[C@H]3CO)O[C@]3(C(=O)N(Cc4cccc(N5CN(c6ccccc6)C6(CCNCC6)C5=O)c4)c4ccc([N+](=O)[O-])cc43)[C@H]2C)cc1. The first-order valence-electron chi connectivity index (χ1n) is 22.1. The summed E-state index contributed by atoms with van der Waals surface area (Å²) in [5, 5.41) is 27.0. The smallest absolute Gasteiger partial charge is 0.269 e. The molecule has 5 atom stereocenters. The molecule has 63 heavy (non-hydrogen) atoms. The Bertz CT molecular complexity index is 2410. The Hall–Kier alpha value is -5.61. The van der Waals surface area contributed by atoms with Gasteiger partial charge >= 0.3 is 0 Å². The molecule has 4 aromatic carbocycles. The number of amides is 3. The lowest BCUT2D eigenvalue weighted by atomic mass is 9.82. The van der Waals surface area contributed by atoms with E-state index >= 15 is 4.79 Å². The number of rotatable bonds is 11. The first kappa shape index (κ1) is 42.7. The lowest BCUT2D eigenvalue weighted by Gasteiger charge is -2.39. The van der Waals surface area contributed by atoms with Crippen LogP contribution in [0.25, 0.3) is 0 Å². The van der Waals surface area contributed by atoms with Crippen LogP contribution in [0.4, 0.5) is 22.7 Å². The van der Waals surface area contributed by atoms with Crippen LogP contribution in [0.3, 0.4) is 0 Å². The summed E-state index contributed by atoms with van der Waals surface area (Å²) in [4.78, 5) is 63.8. The predicted octanol–water partition coefficient (Wildman–Crippen LogP) is 5.67. The van der Waals surface area contributed by atoms with Crippen molar-refractivity contribution in [1.29, 1.82) is 0 Å². The number of aliphatic hydroxyl groups excluding tert-OH is 1. The van der Waals surface area contributed by atoms with Gasteiger partial charge < -0.3 is 34.6 Å². The summed E-state index contributed by atoms with van der Waals surface area (Å²) < 4.78 is 12.7. The van der Waals surface area contributed by atoms with Gasteiger partial charge in [0.15, 0.2) is 5.60 Å². The Morgan fingerprint density at radius 2 is 1.70 bits per heavy atom. The van der Waals surface area contributed by atoms with Crippen LogP contribution < -0.4 is 29.9 Å². The Kier molecular flexibility index (Phi) is 11.2. The fourth-order valence-electron chi connectivity index (χ4n) is 11.6. The number of carbonyl (C=O) groups is 3. The van der Waals surface area contributed by atoms with Gasteiger partial charge in [-0.15, -0.1) is 0 Å². The number of anilines is 3. The zero-order chi connectivity index (χ0) is 44.3. The Morgan fingerprint density at radius 3 is 2.40 bits per heavy atom. The van der Waals surface area contributed by atoms with E-state index in [1.165, 1.54) is 12.1 Å². The first-order chi connectivity index (χ1) is 30.3. The molecule has 0 unspecified atom stereocenters. The zero-order valence-electron chi connectivity index (χ0n) is 36.4. The van der Waals surface area contributed by atoms with Crippen molar-refractivity contribution < 1.29 is 33.9 Å². The molecular formula is C48H56N6O8Si. The molecule has 15 heteroatoms. The fourth-order valence-corrected chi connectivity index (χ4v) is 15.6. The number of nitro benzene ring substituents is 1. The molecule has 9 rings (SSSR count). The molecule has 4 saturated heterocycles. The molecule has 0 saturated carbocycles. The minimum absolute atomic E-state index is 0.000836. The third-order valence-electron chi connectivity index (χ3n) is 14.8.